The molecule has 33 heavy (non-hydrogen) atoms. The number of anilines is 1. The van der Waals surface area contributed by atoms with Crippen molar-refractivity contribution in [1.29, 1.82) is 0 Å². The van der Waals surface area contributed by atoms with Gasteiger partial charge in [0.1, 0.15) is 11.4 Å². The molecule has 1 aliphatic rings. The van der Waals surface area contributed by atoms with Gasteiger partial charge in [-0.25, -0.2) is 9.18 Å². The van der Waals surface area contributed by atoms with Crippen molar-refractivity contribution in [1.82, 2.24) is 9.47 Å². The summed E-state index contributed by atoms with van der Waals surface area (Å²) < 4.78 is 19.8. The Bertz CT molecular complexity index is 1230. The number of aryl methyl sites for hydroxylation is 1. The van der Waals surface area contributed by atoms with E-state index < -0.39 is 17.3 Å². The number of carbonyl (C=O) groups is 2. The predicted molar refractivity (Wildman–Crippen MR) is 126 cm³/mol. The topological polar surface area (TPSA) is 71.8 Å². The molecule has 4 rings (SSSR count). The minimum Gasteiger partial charge on any atom is -0.462 e. The normalized spacial score (nSPS) is 13.5. The first-order valence-corrected chi connectivity index (χ1v) is 10.5. The third-order valence-electron chi connectivity index (χ3n) is 5.73. The summed E-state index contributed by atoms with van der Waals surface area (Å²) in [6.45, 7) is 3.55. The molecule has 8 heteroatoms. The van der Waals surface area contributed by atoms with Crippen LogP contribution in [0, 0.1) is 5.82 Å². The van der Waals surface area contributed by atoms with Crippen molar-refractivity contribution >= 4 is 28.5 Å². The Hall–Kier alpha value is -3.68. The molecule has 0 aliphatic carbocycles. The summed E-state index contributed by atoms with van der Waals surface area (Å²) >= 11 is 0. The first kappa shape index (κ1) is 24.0. The average molecular weight is 454 g/mol. The standard InChI is InChI=1S/C24H24FN3O4.CH4/c1-3-32-24(31)20-21(18-6-4-5-7-19(18)26(2)23(20)30)27-12-14-28(15-13-27)22(29)16-8-10-17(25)11-9-16;/h4-11H,3,12-15H2,1-2H3;1H4. The third kappa shape index (κ3) is 4.46. The lowest BCUT2D eigenvalue weighted by atomic mass is 10.1. The summed E-state index contributed by atoms with van der Waals surface area (Å²) in [4.78, 5) is 42.3. The van der Waals surface area contributed by atoms with E-state index >= 15 is 0 Å². The van der Waals surface area contributed by atoms with Crippen LogP contribution in [0.5, 0.6) is 0 Å². The molecule has 0 atom stereocenters. The van der Waals surface area contributed by atoms with Crippen molar-refractivity contribution in [3.05, 3.63) is 75.8 Å². The zero-order valence-electron chi connectivity index (χ0n) is 18.0. The second-order valence-electron chi connectivity index (χ2n) is 7.61. The van der Waals surface area contributed by atoms with Gasteiger partial charge in [0, 0.05) is 44.2 Å². The monoisotopic (exact) mass is 453 g/mol. The molecule has 0 saturated carbocycles. The van der Waals surface area contributed by atoms with Crippen molar-refractivity contribution in [3.8, 4) is 0 Å². The molecule has 1 saturated heterocycles. The summed E-state index contributed by atoms with van der Waals surface area (Å²) in [5, 5.41) is 0.774. The van der Waals surface area contributed by atoms with Gasteiger partial charge in [0.2, 0.25) is 0 Å². The minimum absolute atomic E-state index is 0. The SMILES string of the molecule is C.CCOC(=O)c1c(N2CCN(C(=O)c3ccc(F)cc3)CC2)c2ccccc2n(C)c1=O. The van der Waals surface area contributed by atoms with Crippen LogP contribution in [0.3, 0.4) is 0 Å². The van der Waals surface area contributed by atoms with Crippen molar-refractivity contribution < 1.29 is 18.7 Å². The fraction of sp³-hybridized carbons (Fsp3) is 0.320. The van der Waals surface area contributed by atoms with E-state index in [-0.39, 0.29) is 25.5 Å². The molecular formula is C25H28FN3O4. The number of nitrogens with zero attached hydrogens (tertiary/aromatic N) is 3. The second-order valence-corrected chi connectivity index (χ2v) is 7.61. The Labute approximate surface area is 192 Å². The number of amides is 1. The van der Waals surface area contributed by atoms with Crippen LogP contribution < -0.4 is 10.5 Å². The molecule has 2 aromatic carbocycles. The van der Waals surface area contributed by atoms with Crippen LogP contribution in [-0.2, 0) is 11.8 Å². The molecule has 0 radical (unpaired) electrons. The van der Waals surface area contributed by atoms with Gasteiger partial charge in [-0.3, -0.25) is 9.59 Å². The molecule has 0 bridgehead atoms. The van der Waals surface area contributed by atoms with Crippen LogP contribution >= 0.6 is 0 Å². The average Bonchev–Trinajstić information content (AvgIpc) is 2.81. The summed E-state index contributed by atoms with van der Waals surface area (Å²) in [5.74, 6) is -1.22. The highest BCUT2D eigenvalue weighted by Crippen LogP contribution is 2.30. The van der Waals surface area contributed by atoms with E-state index in [2.05, 4.69) is 0 Å². The van der Waals surface area contributed by atoms with Gasteiger partial charge in [0.25, 0.3) is 11.5 Å². The summed E-state index contributed by atoms with van der Waals surface area (Å²) in [7, 11) is 1.64. The highest BCUT2D eigenvalue weighted by Gasteiger charge is 2.29. The molecule has 1 aliphatic heterocycles. The largest absolute Gasteiger partial charge is 0.462 e. The molecule has 1 aromatic heterocycles. The number of ether oxygens (including phenoxy) is 1. The Morgan fingerprint density at radius 3 is 2.27 bits per heavy atom. The fourth-order valence-electron chi connectivity index (χ4n) is 4.10. The maximum atomic E-state index is 13.2. The molecule has 0 N–H and O–H groups in total. The van der Waals surface area contributed by atoms with Gasteiger partial charge in [-0.2, -0.15) is 0 Å². The molecule has 1 fully saturated rings. The van der Waals surface area contributed by atoms with Crippen LogP contribution in [0.2, 0.25) is 0 Å². The molecule has 2 heterocycles. The molecule has 174 valence electrons. The number of fused-ring (bicyclic) bond motifs is 1. The number of carbonyl (C=O) groups excluding carboxylic acids is 2. The Morgan fingerprint density at radius 2 is 1.64 bits per heavy atom. The lowest BCUT2D eigenvalue weighted by Crippen LogP contribution is -2.49. The molecule has 0 unspecified atom stereocenters. The number of para-hydroxylation sites is 1. The number of pyridine rings is 1. The zero-order chi connectivity index (χ0) is 22.8. The zero-order valence-corrected chi connectivity index (χ0v) is 18.0. The number of hydrogen-bond donors (Lipinski definition) is 0. The third-order valence-corrected chi connectivity index (χ3v) is 5.73. The van der Waals surface area contributed by atoms with Crippen molar-refractivity contribution in [2.24, 2.45) is 7.05 Å². The van der Waals surface area contributed by atoms with Gasteiger partial charge >= 0.3 is 5.97 Å². The summed E-state index contributed by atoms with van der Waals surface area (Å²) in [6, 6.07) is 12.9. The van der Waals surface area contributed by atoms with E-state index in [1.165, 1.54) is 28.8 Å². The quantitative estimate of drug-likeness (QED) is 0.566. The number of benzene rings is 2. The van der Waals surface area contributed by atoms with Gasteiger partial charge < -0.3 is 19.1 Å². The Kier molecular flexibility index (Phi) is 7.16. The second kappa shape index (κ2) is 9.85. The molecule has 3 aromatic rings. The molecule has 1 amide bonds. The molecular weight excluding hydrogens is 425 g/mol. The van der Waals surface area contributed by atoms with Crippen LogP contribution in [0.15, 0.2) is 53.3 Å². The molecule has 0 spiro atoms. The highest BCUT2D eigenvalue weighted by molar-refractivity contribution is 6.05. The summed E-state index contributed by atoms with van der Waals surface area (Å²) in [5.41, 5.74) is 1.26. The highest BCUT2D eigenvalue weighted by atomic mass is 19.1. The number of esters is 1. The van der Waals surface area contributed by atoms with Gasteiger partial charge in [-0.15, -0.1) is 0 Å². The van der Waals surface area contributed by atoms with E-state index in [0.717, 1.165) is 5.39 Å². The van der Waals surface area contributed by atoms with Crippen LogP contribution in [0.25, 0.3) is 10.9 Å². The van der Waals surface area contributed by atoms with Gasteiger partial charge in [-0.05, 0) is 37.3 Å². The maximum Gasteiger partial charge on any atom is 0.345 e. The minimum atomic E-state index is -0.654. The van der Waals surface area contributed by atoms with E-state index in [0.29, 0.717) is 42.9 Å². The number of halogens is 1. The van der Waals surface area contributed by atoms with Crippen LogP contribution in [0.4, 0.5) is 10.1 Å². The predicted octanol–water partition coefficient (Wildman–Crippen LogP) is 3.45. The first-order chi connectivity index (χ1) is 15.4. The first-order valence-electron chi connectivity index (χ1n) is 10.5. The van der Waals surface area contributed by atoms with Crippen LogP contribution in [0.1, 0.15) is 35.1 Å². The van der Waals surface area contributed by atoms with Crippen molar-refractivity contribution in [2.75, 3.05) is 37.7 Å². The fourth-order valence-corrected chi connectivity index (χ4v) is 4.10. The number of piperazine rings is 1. The maximum absolute atomic E-state index is 13.2. The lowest BCUT2D eigenvalue weighted by Gasteiger charge is -2.37. The van der Waals surface area contributed by atoms with Crippen LogP contribution in [-0.4, -0.2) is 54.1 Å². The smallest absolute Gasteiger partial charge is 0.345 e. The van der Waals surface area contributed by atoms with E-state index in [1.807, 2.05) is 29.2 Å². The van der Waals surface area contributed by atoms with Gasteiger partial charge in [-0.1, -0.05) is 25.6 Å². The Balaban J connectivity index is 0.00000306. The molecule has 7 nitrogen and oxygen atoms in total. The van der Waals surface area contributed by atoms with E-state index in [9.17, 15) is 18.8 Å². The number of hydrogen-bond acceptors (Lipinski definition) is 5. The number of aromatic nitrogens is 1. The van der Waals surface area contributed by atoms with Crippen molar-refractivity contribution in [3.63, 3.8) is 0 Å². The van der Waals surface area contributed by atoms with E-state index in [4.69, 9.17) is 4.74 Å². The van der Waals surface area contributed by atoms with Gasteiger partial charge in [0.05, 0.1) is 17.8 Å². The summed E-state index contributed by atoms with van der Waals surface area (Å²) in [6.07, 6.45) is 0. The number of rotatable bonds is 4. The Morgan fingerprint density at radius 1 is 1.00 bits per heavy atom. The van der Waals surface area contributed by atoms with Crippen molar-refractivity contribution in [2.45, 2.75) is 14.4 Å². The lowest BCUT2D eigenvalue weighted by molar-refractivity contribution is 0.0523. The van der Waals surface area contributed by atoms with E-state index in [1.54, 1.807) is 18.9 Å². The van der Waals surface area contributed by atoms with Gasteiger partial charge in [0.15, 0.2) is 0 Å².